The molecule has 0 saturated heterocycles. The van der Waals surface area contributed by atoms with Crippen LogP contribution in [0.5, 0.6) is 11.5 Å². The van der Waals surface area contributed by atoms with Gasteiger partial charge in [-0.15, -0.1) is 10.2 Å². The molecule has 1 aromatic heterocycles. The van der Waals surface area contributed by atoms with Crippen molar-refractivity contribution < 1.29 is 18.7 Å². The first-order chi connectivity index (χ1) is 13.1. The van der Waals surface area contributed by atoms with Gasteiger partial charge in [-0.3, -0.25) is 4.79 Å². The summed E-state index contributed by atoms with van der Waals surface area (Å²) in [4.78, 5) is 12.6. The van der Waals surface area contributed by atoms with Crippen LogP contribution in [0.2, 0.25) is 0 Å². The van der Waals surface area contributed by atoms with Gasteiger partial charge in [0.05, 0.1) is 24.5 Å². The van der Waals surface area contributed by atoms with Crippen LogP contribution in [0.25, 0.3) is 11.5 Å². The van der Waals surface area contributed by atoms with Crippen molar-refractivity contribution in [2.24, 2.45) is 0 Å². The molecule has 0 amide bonds. The minimum Gasteiger partial charge on any atom is -0.496 e. The molecule has 1 unspecified atom stereocenters. The predicted molar refractivity (Wildman–Crippen MR) is 104 cm³/mol. The van der Waals surface area contributed by atoms with E-state index in [9.17, 15) is 4.79 Å². The minimum absolute atomic E-state index is 0.0138. The van der Waals surface area contributed by atoms with Crippen molar-refractivity contribution in [2.45, 2.75) is 24.3 Å². The Morgan fingerprint density at radius 1 is 1.15 bits per heavy atom. The van der Waals surface area contributed by atoms with E-state index in [0.717, 1.165) is 5.75 Å². The lowest BCUT2D eigenvalue weighted by molar-refractivity contribution is 0.0993. The normalized spacial score (nSPS) is 11.8. The van der Waals surface area contributed by atoms with E-state index in [1.807, 2.05) is 38.1 Å². The van der Waals surface area contributed by atoms with Crippen molar-refractivity contribution >= 4 is 17.5 Å². The molecule has 6 nitrogen and oxygen atoms in total. The molecule has 0 radical (unpaired) electrons. The van der Waals surface area contributed by atoms with Crippen LogP contribution in [-0.4, -0.2) is 34.9 Å². The lowest BCUT2D eigenvalue weighted by atomic mass is 10.1. The second kappa shape index (κ2) is 8.73. The summed E-state index contributed by atoms with van der Waals surface area (Å²) in [5.41, 5.74) is 1.33. The number of Topliss-reactive ketones (excluding diaryl/α,β-unsaturated/α-hetero) is 1. The fourth-order valence-electron chi connectivity index (χ4n) is 2.51. The average Bonchev–Trinajstić information content (AvgIpc) is 3.16. The van der Waals surface area contributed by atoms with E-state index in [2.05, 4.69) is 10.2 Å². The monoisotopic (exact) mass is 384 g/mol. The van der Waals surface area contributed by atoms with Crippen LogP contribution in [0.1, 0.15) is 24.2 Å². The Balaban J connectivity index is 1.70. The lowest BCUT2D eigenvalue weighted by Crippen LogP contribution is -2.13. The van der Waals surface area contributed by atoms with E-state index < -0.39 is 0 Å². The molecule has 0 fully saturated rings. The zero-order valence-electron chi connectivity index (χ0n) is 15.3. The summed E-state index contributed by atoms with van der Waals surface area (Å²) in [7, 11) is 1.59. The van der Waals surface area contributed by atoms with Crippen molar-refractivity contribution in [1.82, 2.24) is 10.2 Å². The van der Waals surface area contributed by atoms with Gasteiger partial charge in [0.15, 0.2) is 5.78 Å². The Hall–Kier alpha value is -2.80. The fraction of sp³-hybridized carbons (Fsp3) is 0.250. The maximum atomic E-state index is 12.6. The largest absolute Gasteiger partial charge is 0.496 e. The summed E-state index contributed by atoms with van der Waals surface area (Å²) in [5.74, 6) is 1.74. The van der Waals surface area contributed by atoms with Crippen LogP contribution in [0.3, 0.4) is 0 Å². The summed E-state index contributed by atoms with van der Waals surface area (Å²) in [6.45, 7) is 4.32. The first kappa shape index (κ1) is 19.0. The highest BCUT2D eigenvalue weighted by molar-refractivity contribution is 8.00. The molecule has 0 N–H and O–H groups in total. The molecule has 0 aliphatic heterocycles. The molecule has 3 rings (SSSR count). The van der Waals surface area contributed by atoms with Crippen LogP contribution in [0.4, 0.5) is 0 Å². The Bertz CT molecular complexity index is 908. The third-order valence-electron chi connectivity index (χ3n) is 3.84. The molecular weight excluding hydrogens is 364 g/mol. The highest BCUT2D eigenvalue weighted by Crippen LogP contribution is 2.32. The van der Waals surface area contributed by atoms with Gasteiger partial charge in [-0.2, -0.15) is 0 Å². The third-order valence-corrected chi connectivity index (χ3v) is 4.77. The number of carbonyl (C=O) groups excluding carboxylic acids is 1. The Morgan fingerprint density at radius 2 is 1.89 bits per heavy atom. The van der Waals surface area contributed by atoms with Gasteiger partial charge < -0.3 is 13.9 Å². The van der Waals surface area contributed by atoms with Crippen molar-refractivity contribution in [2.75, 3.05) is 13.7 Å². The SMILES string of the molecule is CCOc1ccc(C(=O)C(C)Sc2nnc(-c3ccccc3OC)o2)cc1. The fourth-order valence-corrected chi connectivity index (χ4v) is 3.27. The van der Waals surface area contributed by atoms with Gasteiger partial charge in [0.25, 0.3) is 11.1 Å². The van der Waals surface area contributed by atoms with E-state index >= 15 is 0 Å². The lowest BCUT2D eigenvalue weighted by Gasteiger charge is -2.08. The topological polar surface area (TPSA) is 74.5 Å². The van der Waals surface area contributed by atoms with E-state index in [1.165, 1.54) is 11.8 Å². The number of benzene rings is 2. The number of methoxy groups -OCH3 is 1. The molecule has 140 valence electrons. The van der Waals surface area contributed by atoms with Gasteiger partial charge >= 0.3 is 0 Å². The number of carbonyl (C=O) groups is 1. The summed E-state index contributed by atoms with van der Waals surface area (Å²) in [6.07, 6.45) is 0. The van der Waals surface area contributed by atoms with Crippen LogP contribution >= 0.6 is 11.8 Å². The molecule has 1 atom stereocenters. The summed E-state index contributed by atoms with van der Waals surface area (Å²) in [5, 5.41) is 8.08. The van der Waals surface area contributed by atoms with Crippen molar-refractivity contribution in [3.05, 3.63) is 54.1 Å². The van der Waals surface area contributed by atoms with Gasteiger partial charge in [-0.05, 0) is 50.2 Å². The molecule has 3 aromatic rings. The Kier molecular flexibility index (Phi) is 6.13. The molecule has 0 aliphatic rings. The number of rotatable bonds is 8. The summed E-state index contributed by atoms with van der Waals surface area (Å²) in [6, 6.07) is 14.5. The highest BCUT2D eigenvalue weighted by atomic mass is 32.2. The molecule has 0 bridgehead atoms. The number of nitrogens with zero attached hydrogens (tertiary/aromatic N) is 2. The van der Waals surface area contributed by atoms with Gasteiger partial charge in [0, 0.05) is 5.56 Å². The van der Waals surface area contributed by atoms with Gasteiger partial charge in [0.1, 0.15) is 11.5 Å². The van der Waals surface area contributed by atoms with Crippen molar-refractivity contribution in [3.63, 3.8) is 0 Å². The van der Waals surface area contributed by atoms with Crippen LogP contribution < -0.4 is 9.47 Å². The molecule has 27 heavy (non-hydrogen) atoms. The predicted octanol–water partition coefficient (Wildman–Crippen LogP) is 4.51. The van der Waals surface area contributed by atoms with Crippen molar-refractivity contribution in [3.8, 4) is 23.0 Å². The standard InChI is InChI=1S/C20H20N2O4S/c1-4-25-15-11-9-14(10-12-15)18(23)13(2)27-20-22-21-19(26-20)16-7-5-6-8-17(16)24-3/h5-13H,4H2,1-3H3. The minimum atomic E-state index is -0.367. The van der Waals surface area contributed by atoms with Gasteiger partial charge in [-0.25, -0.2) is 0 Å². The first-order valence-electron chi connectivity index (χ1n) is 8.53. The number of hydrogen-bond donors (Lipinski definition) is 0. The smallest absolute Gasteiger partial charge is 0.277 e. The molecule has 0 spiro atoms. The number of ketones is 1. The molecular formula is C20H20N2O4S. The van der Waals surface area contributed by atoms with Crippen LogP contribution in [0.15, 0.2) is 58.2 Å². The number of para-hydroxylation sites is 1. The average molecular weight is 384 g/mol. The zero-order chi connectivity index (χ0) is 19.2. The molecule has 7 heteroatoms. The molecule has 0 aliphatic carbocycles. The number of ether oxygens (including phenoxy) is 2. The van der Waals surface area contributed by atoms with E-state index in [4.69, 9.17) is 13.9 Å². The summed E-state index contributed by atoms with van der Waals surface area (Å²) >= 11 is 1.23. The molecule has 0 saturated carbocycles. The third kappa shape index (κ3) is 4.49. The maximum absolute atomic E-state index is 12.6. The summed E-state index contributed by atoms with van der Waals surface area (Å²) < 4.78 is 16.4. The molecule has 2 aromatic carbocycles. The number of thioether (sulfide) groups is 1. The van der Waals surface area contributed by atoms with E-state index in [0.29, 0.717) is 34.6 Å². The Morgan fingerprint density at radius 3 is 2.59 bits per heavy atom. The number of hydrogen-bond acceptors (Lipinski definition) is 7. The second-order valence-electron chi connectivity index (χ2n) is 5.66. The Labute approximate surface area is 161 Å². The van der Waals surface area contributed by atoms with Crippen molar-refractivity contribution in [1.29, 1.82) is 0 Å². The van der Waals surface area contributed by atoms with E-state index in [-0.39, 0.29) is 11.0 Å². The van der Waals surface area contributed by atoms with E-state index in [1.54, 1.807) is 31.4 Å². The maximum Gasteiger partial charge on any atom is 0.277 e. The zero-order valence-corrected chi connectivity index (χ0v) is 16.2. The van der Waals surface area contributed by atoms with Gasteiger partial charge in [-0.1, -0.05) is 23.9 Å². The quantitative estimate of drug-likeness (QED) is 0.418. The van der Waals surface area contributed by atoms with Crippen LogP contribution in [0, 0.1) is 0 Å². The second-order valence-corrected chi connectivity index (χ2v) is 6.95. The number of aromatic nitrogens is 2. The van der Waals surface area contributed by atoms with Gasteiger partial charge in [0.2, 0.25) is 0 Å². The molecule has 1 heterocycles. The highest BCUT2D eigenvalue weighted by Gasteiger charge is 2.21. The first-order valence-corrected chi connectivity index (χ1v) is 9.41. The van der Waals surface area contributed by atoms with Crippen LogP contribution in [-0.2, 0) is 0 Å².